The summed E-state index contributed by atoms with van der Waals surface area (Å²) in [4.78, 5) is 16.8. The molecule has 0 radical (unpaired) electrons. The molecule has 0 aliphatic carbocycles. The second-order valence-electron chi connectivity index (χ2n) is 9.73. The second kappa shape index (κ2) is 12.0. The van der Waals surface area contributed by atoms with Crippen LogP contribution in [0.2, 0.25) is 0 Å². The zero-order valence-corrected chi connectivity index (χ0v) is 22.9. The van der Waals surface area contributed by atoms with E-state index in [-0.39, 0.29) is 11.6 Å². The van der Waals surface area contributed by atoms with Gasteiger partial charge in [-0.15, -0.1) is 0 Å². The Kier molecular flexibility index (Phi) is 8.52. The summed E-state index contributed by atoms with van der Waals surface area (Å²) in [5.41, 5.74) is 6.58. The van der Waals surface area contributed by atoms with Crippen LogP contribution in [0.4, 0.5) is 17.1 Å². The van der Waals surface area contributed by atoms with Gasteiger partial charge in [0.15, 0.2) is 0 Å². The highest BCUT2D eigenvalue weighted by molar-refractivity contribution is 6.08. The number of amides is 1. The Morgan fingerprint density at radius 1 is 1.21 bits per heavy atom. The number of aromatic nitrogens is 2. The lowest BCUT2D eigenvalue weighted by molar-refractivity contribution is -0.111. The van der Waals surface area contributed by atoms with Crippen LogP contribution in [0.3, 0.4) is 0 Å². The number of hydrogen-bond acceptors (Lipinski definition) is 9. The molecule has 2 aromatic carbocycles. The van der Waals surface area contributed by atoms with Gasteiger partial charge in [-0.3, -0.25) is 9.48 Å². The monoisotopic (exact) mass is 531 g/mol. The SMILES string of the molecule is C=CC(=O)Nc1cc(N/C(=C/C(=N)c2ccc3cnn(C)c3c2)NN)c(OC)cc1N1CCC(N(C)C)CC1. The van der Waals surface area contributed by atoms with Gasteiger partial charge in [-0.1, -0.05) is 18.7 Å². The maximum atomic E-state index is 12.3. The van der Waals surface area contributed by atoms with Crippen molar-refractivity contribution >= 4 is 39.6 Å². The fraction of sp³-hybridized carbons (Fsp3) is 0.321. The largest absolute Gasteiger partial charge is 0.494 e. The molecule has 0 bridgehead atoms. The summed E-state index contributed by atoms with van der Waals surface area (Å²) in [6.07, 6.45) is 6.66. The number of piperidine rings is 1. The first kappa shape index (κ1) is 27.7. The Labute approximate surface area is 228 Å². The third kappa shape index (κ3) is 6.21. The number of allylic oxidation sites excluding steroid dienone is 1. The van der Waals surface area contributed by atoms with Crippen molar-refractivity contribution in [3.8, 4) is 5.75 Å². The zero-order valence-electron chi connectivity index (χ0n) is 22.9. The van der Waals surface area contributed by atoms with Gasteiger partial charge >= 0.3 is 0 Å². The molecule has 1 amide bonds. The molecule has 1 aliphatic heterocycles. The normalized spacial score (nSPS) is 14.4. The third-order valence-electron chi connectivity index (χ3n) is 7.07. The van der Waals surface area contributed by atoms with Crippen molar-refractivity contribution in [1.29, 1.82) is 5.41 Å². The molecule has 11 heteroatoms. The van der Waals surface area contributed by atoms with Gasteiger partial charge in [-0.2, -0.15) is 5.10 Å². The molecule has 1 aromatic heterocycles. The lowest BCUT2D eigenvalue weighted by Crippen LogP contribution is -2.42. The van der Waals surface area contributed by atoms with E-state index in [9.17, 15) is 4.79 Å². The fourth-order valence-electron chi connectivity index (χ4n) is 4.80. The van der Waals surface area contributed by atoms with E-state index >= 15 is 0 Å². The standard InChI is InChI=1S/C28H37N9O2/c1-6-28(38)33-22-15-23(26(39-5)16-25(22)37-11-9-20(10-12-37)35(2)3)32-27(34-30)14-21(29)18-7-8-19-17-31-36(4)24(19)13-18/h6-8,13-17,20,29,32,34H,1,9-12,30H2,2-5H3,(H,33,38)/b27-14-,29-21?. The van der Waals surface area contributed by atoms with Gasteiger partial charge in [-0.25, -0.2) is 5.84 Å². The van der Waals surface area contributed by atoms with E-state index < -0.39 is 0 Å². The van der Waals surface area contributed by atoms with Gasteiger partial charge in [0.2, 0.25) is 5.91 Å². The maximum absolute atomic E-state index is 12.3. The number of carbonyl (C=O) groups excluding carboxylic acids is 1. The number of ether oxygens (including phenoxy) is 1. The van der Waals surface area contributed by atoms with E-state index in [1.165, 1.54) is 6.08 Å². The van der Waals surface area contributed by atoms with E-state index in [1.807, 2.05) is 37.4 Å². The van der Waals surface area contributed by atoms with Gasteiger partial charge < -0.3 is 36.0 Å². The predicted octanol–water partition coefficient (Wildman–Crippen LogP) is 3.02. The number of nitrogens with two attached hydrogens (primary N) is 1. The number of rotatable bonds is 10. The van der Waals surface area contributed by atoms with Crippen LogP contribution < -0.4 is 31.5 Å². The minimum Gasteiger partial charge on any atom is -0.494 e. The summed E-state index contributed by atoms with van der Waals surface area (Å²) < 4.78 is 7.49. The van der Waals surface area contributed by atoms with Crippen LogP contribution in [-0.4, -0.2) is 66.6 Å². The van der Waals surface area contributed by atoms with E-state index in [2.05, 4.69) is 51.6 Å². The molecular weight excluding hydrogens is 494 g/mol. The fourth-order valence-corrected chi connectivity index (χ4v) is 4.80. The molecule has 206 valence electrons. The van der Waals surface area contributed by atoms with Crippen molar-refractivity contribution in [3.05, 3.63) is 66.6 Å². The van der Waals surface area contributed by atoms with Gasteiger partial charge in [0.1, 0.15) is 11.6 Å². The van der Waals surface area contributed by atoms with Crippen molar-refractivity contribution in [3.63, 3.8) is 0 Å². The molecule has 1 fully saturated rings. The molecule has 0 saturated carbocycles. The number of aryl methyl sites for hydroxylation is 1. The first-order valence-electron chi connectivity index (χ1n) is 12.8. The van der Waals surface area contributed by atoms with Crippen molar-refractivity contribution in [1.82, 2.24) is 20.1 Å². The van der Waals surface area contributed by atoms with E-state index in [4.69, 9.17) is 16.0 Å². The predicted molar refractivity (Wildman–Crippen MR) is 157 cm³/mol. The molecule has 6 N–H and O–H groups in total. The average Bonchev–Trinajstić information content (AvgIpc) is 3.32. The van der Waals surface area contributed by atoms with Crippen LogP contribution in [0, 0.1) is 5.41 Å². The quantitative estimate of drug-likeness (QED) is 0.117. The van der Waals surface area contributed by atoms with Gasteiger partial charge in [0.25, 0.3) is 0 Å². The smallest absolute Gasteiger partial charge is 0.247 e. The molecule has 1 aliphatic rings. The lowest BCUT2D eigenvalue weighted by atomic mass is 10.0. The molecule has 2 heterocycles. The number of nitrogens with one attached hydrogen (secondary N) is 4. The molecule has 0 spiro atoms. The van der Waals surface area contributed by atoms with Gasteiger partial charge in [0.05, 0.1) is 41.6 Å². The number of fused-ring (bicyclic) bond motifs is 1. The first-order valence-corrected chi connectivity index (χ1v) is 12.8. The van der Waals surface area contributed by atoms with Crippen LogP contribution >= 0.6 is 0 Å². The highest BCUT2D eigenvalue weighted by Crippen LogP contribution is 2.39. The highest BCUT2D eigenvalue weighted by atomic mass is 16.5. The summed E-state index contributed by atoms with van der Waals surface area (Å²) in [5, 5.41) is 20.1. The van der Waals surface area contributed by atoms with Gasteiger partial charge in [0, 0.05) is 49.3 Å². The van der Waals surface area contributed by atoms with Crippen molar-refractivity contribution in [2.75, 3.05) is 49.8 Å². The number of anilines is 3. The van der Waals surface area contributed by atoms with Crippen molar-refractivity contribution in [2.24, 2.45) is 12.9 Å². The Morgan fingerprint density at radius 2 is 1.95 bits per heavy atom. The number of methoxy groups -OCH3 is 1. The second-order valence-corrected chi connectivity index (χ2v) is 9.73. The Balaban J connectivity index is 1.64. The summed E-state index contributed by atoms with van der Waals surface area (Å²) in [5.74, 6) is 6.47. The summed E-state index contributed by atoms with van der Waals surface area (Å²) in [7, 11) is 7.66. The molecule has 39 heavy (non-hydrogen) atoms. The van der Waals surface area contributed by atoms with Crippen molar-refractivity contribution in [2.45, 2.75) is 18.9 Å². The summed E-state index contributed by atoms with van der Waals surface area (Å²) in [6, 6.07) is 9.95. The Morgan fingerprint density at radius 3 is 2.59 bits per heavy atom. The summed E-state index contributed by atoms with van der Waals surface area (Å²) in [6.45, 7) is 5.29. The topological polar surface area (TPSA) is 137 Å². The molecule has 0 unspecified atom stereocenters. The van der Waals surface area contributed by atoms with Crippen LogP contribution in [0.1, 0.15) is 18.4 Å². The van der Waals surface area contributed by atoms with Crippen LogP contribution in [0.15, 0.2) is 61.1 Å². The maximum Gasteiger partial charge on any atom is 0.247 e. The third-order valence-corrected chi connectivity index (χ3v) is 7.07. The Bertz CT molecular complexity index is 1400. The lowest BCUT2D eigenvalue weighted by Gasteiger charge is -2.37. The van der Waals surface area contributed by atoms with E-state index in [0.717, 1.165) is 42.5 Å². The number of nitrogens with zero attached hydrogens (tertiary/aromatic N) is 4. The minimum atomic E-state index is -0.310. The van der Waals surface area contributed by atoms with E-state index in [0.29, 0.717) is 34.6 Å². The Hall–Kier alpha value is -4.35. The van der Waals surface area contributed by atoms with Crippen LogP contribution in [-0.2, 0) is 11.8 Å². The van der Waals surface area contributed by atoms with Gasteiger partial charge in [-0.05, 0) is 45.1 Å². The van der Waals surface area contributed by atoms with Crippen LogP contribution in [0.5, 0.6) is 5.75 Å². The number of hydrogen-bond donors (Lipinski definition) is 5. The molecule has 4 rings (SSSR count). The highest BCUT2D eigenvalue weighted by Gasteiger charge is 2.24. The van der Waals surface area contributed by atoms with Crippen LogP contribution in [0.25, 0.3) is 10.9 Å². The molecule has 3 aromatic rings. The zero-order chi connectivity index (χ0) is 28.1. The molecule has 1 saturated heterocycles. The van der Waals surface area contributed by atoms with Crippen molar-refractivity contribution < 1.29 is 9.53 Å². The molecular formula is C28H37N9O2. The first-order chi connectivity index (χ1) is 18.7. The number of benzene rings is 2. The molecule has 0 atom stereocenters. The number of carbonyl (C=O) groups is 1. The average molecular weight is 532 g/mol. The molecule has 11 nitrogen and oxygen atoms in total. The number of hydrazine groups is 1. The minimum absolute atomic E-state index is 0.248. The van der Waals surface area contributed by atoms with E-state index in [1.54, 1.807) is 24.1 Å². The summed E-state index contributed by atoms with van der Waals surface area (Å²) >= 11 is 0.